The molecule has 1 aliphatic rings. The normalized spacial score (nSPS) is 26.6. The summed E-state index contributed by atoms with van der Waals surface area (Å²) in [4.78, 5) is 56.6. The van der Waals surface area contributed by atoms with Gasteiger partial charge in [0.2, 0.25) is 11.8 Å². The summed E-state index contributed by atoms with van der Waals surface area (Å²) in [5.74, 6) is -3.83. The van der Waals surface area contributed by atoms with Gasteiger partial charge in [0, 0.05) is 20.6 Å². The first-order valence-electron chi connectivity index (χ1n) is 17.6. The molecular formula is C41H54N2O9. The van der Waals surface area contributed by atoms with E-state index in [1.54, 1.807) is 76.4 Å². The number of aromatic hydroxyl groups is 1. The highest BCUT2D eigenvalue weighted by molar-refractivity contribution is 6.09. The van der Waals surface area contributed by atoms with E-state index in [-0.39, 0.29) is 29.8 Å². The number of aliphatic hydroxyl groups excluding tert-OH is 1. The van der Waals surface area contributed by atoms with Gasteiger partial charge < -0.3 is 34.6 Å². The predicted molar refractivity (Wildman–Crippen MR) is 198 cm³/mol. The number of ketones is 1. The van der Waals surface area contributed by atoms with Crippen molar-refractivity contribution in [2.24, 2.45) is 11.8 Å². The molecule has 0 bridgehead atoms. The maximum Gasteiger partial charge on any atom is 0.329 e. The first-order valence-corrected chi connectivity index (χ1v) is 17.6. The number of amides is 2. The molecule has 1 heterocycles. The van der Waals surface area contributed by atoms with Crippen LogP contribution in [0.5, 0.6) is 11.5 Å². The first-order chi connectivity index (χ1) is 24.7. The quantitative estimate of drug-likeness (QED) is 0.252. The third-order valence-electron chi connectivity index (χ3n) is 9.44. The fourth-order valence-corrected chi connectivity index (χ4v) is 6.07. The maximum absolute atomic E-state index is 14.2. The fourth-order valence-electron chi connectivity index (χ4n) is 6.07. The van der Waals surface area contributed by atoms with Gasteiger partial charge in [-0.3, -0.25) is 14.4 Å². The zero-order valence-electron chi connectivity index (χ0n) is 31.5. The SMILES string of the molecule is COc1cc(C[C@@H]2C(=O)N[C@@H](C(C)C)C(=O)O[C@@H]([C@H](O)c3ccccc3)/C=C/C=C(\C)C(OC)CCC/C=C(\C)C(=O)C(C)C(=O)N2C)ccc1O. The number of nitrogens with one attached hydrogen (secondary N) is 1. The van der Waals surface area contributed by atoms with Crippen molar-refractivity contribution in [3.8, 4) is 11.5 Å². The number of phenols is 1. The van der Waals surface area contributed by atoms with Crippen LogP contribution in [-0.4, -0.2) is 84.2 Å². The maximum atomic E-state index is 14.2. The van der Waals surface area contributed by atoms with Gasteiger partial charge in [0.1, 0.15) is 18.2 Å². The molecule has 0 saturated heterocycles. The number of phenolic OH excluding ortho intramolecular Hbond substituents is 1. The minimum absolute atomic E-state index is 0.0231. The Bertz CT molecular complexity index is 1630. The second-order valence-corrected chi connectivity index (χ2v) is 13.6. The lowest BCUT2D eigenvalue weighted by Crippen LogP contribution is -2.56. The minimum atomic E-state index is -1.21. The number of likely N-dealkylation sites (N-methyl/N-ethyl adjacent to an activating group) is 1. The number of allylic oxidation sites excluding steroid dienone is 4. The lowest BCUT2D eigenvalue weighted by molar-refractivity contribution is -0.157. The molecule has 6 atom stereocenters. The van der Waals surface area contributed by atoms with E-state index in [0.717, 1.165) is 5.57 Å². The number of ether oxygens (including phenoxy) is 3. The summed E-state index contributed by atoms with van der Waals surface area (Å²) < 4.78 is 16.9. The molecule has 1 aliphatic heterocycles. The van der Waals surface area contributed by atoms with E-state index in [0.29, 0.717) is 36.0 Å². The number of hydrogen-bond acceptors (Lipinski definition) is 9. The van der Waals surface area contributed by atoms with Gasteiger partial charge >= 0.3 is 5.97 Å². The van der Waals surface area contributed by atoms with Crippen molar-refractivity contribution in [1.29, 1.82) is 0 Å². The van der Waals surface area contributed by atoms with Gasteiger partial charge in [-0.15, -0.1) is 0 Å². The van der Waals surface area contributed by atoms with Crippen LogP contribution < -0.4 is 10.1 Å². The summed E-state index contributed by atoms with van der Waals surface area (Å²) in [5, 5.41) is 24.3. The molecule has 3 rings (SSSR count). The van der Waals surface area contributed by atoms with Crippen LogP contribution in [0, 0.1) is 11.8 Å². The van der Waals surface area contributed by atoms with Gasteiger partial charge in [-0.2, -0.15) is 0 Å². The third kappa shape index (κ3) is 11.1. The van der Waals surface area contributed by atoms with Crippen LogP contribution in [0.4, 0.5) is 0 Å². The average molecular weight is 719 g/mol. The van der Waals surface area contributed by atoms with Crippen LogP contribution >= 0.6 is 0 Å². The molecule has 0 saturated carbocycles. The lowest BCUT2D eigenvalue weighted by Gasteiger charge is -2.32. The zero-order valence-corrected chi connectivity index (χ0v) is 31.5. The van der Waals surface area contributed by atoms with Crippen molar-refractivity contribution < 1.29 is 43.6 Å². The van der Waals surface area contributed by atoms with Crippen LogP contribution in [0.3, 0.4) is 0 Å². The van der Waals surface area contributed by atoms with Crippen LogP contribution in [-0.2, 0) is 35.1 Å². The van der Waals surface area contributed by atoms with Crippen molar-refractivity contribution in [2.75, 3.05) is 21.3 Å². The fraction of sp³-hybridized carbons (Fsp3) is 0.463. The average Bonchev–Trinajstić information content (AvgIpc) is 3.14. The molecule has 2 amide bonds. The van der Waals surface area contributed by atoms with Crippen LogP contribution in [0.15, 0.2) is 84.0 Å². The molecule has 2 unspecified atom stereocenters. The second kappa shape index (κ2) is 19.8. The Labute approximate surface area is 307 Å². The standard InChI is InChI=1S/C41H54N2O9/c1-25(2)36-41(49)52-34(38(46)30-17-10-9-11-18-30)20-14-16-26(3)33(50-7)19-13-12-15-27(4)37(45)28(5)40(48)43(6)31(39(47)42-36)23-29-21-22-32(44)35(24-29)51-8/h9-11,14-18,20-22,24-25,28,31,33-34,36,38,44,46H,12-13,19,23H2,1-8H3,(H,42,47)/b20-14+,26-16+,27-15+/t28?,31-,33?,34-,36+,38-/m1/s1. The Balaban J connectivity index is 2.10. The van der Waals surface area contributed by atoms with E-state index in [1.165, 1.54) is 32.0 Å². The second-order valence-electron chi connectivity index (χ2n) is 13.6. The molecule has 11 nitrogen and oxygen atoms in total. The molecule has 52 heavy (non-hydrogen) atoms. The molecule has 2 aromatic carbocycles. The minimum Gasteiger partial charge on any atom is -0.504 e. The lowest BCUT2D eigenvalue weighted by atomic mass is 9.95. The van der Waals surface area contributed by atoms with E-state index < -0.39 is 53.9 Å². The predicted octanol–water partition coefficient (Wildman–Crippen LogP) is 5.41. The smallest absolute Gasteiger partial charge is 0.329 e. The summed E-state index contributed by atoms with van der Waals surface area (Å²) in [7, 11) is 4.47. The summed E-state index contributed by atoms with van der Waals surface area (Å²) >= 11 is 0. The van der Waals surface area contributed by atoms with Gasteiger partial charge in [-0.1, -0.05) is 68.5 Å². The van der Waals surface area contributed by atoms with Crippen molar-refractivity contribution >= 4 is 23.6 Å². The number of carbonyl (C=O) groups excluding carboxylic acids is 4. The van der Waals surface area contributed by atoms with Crippen LogP contribution in [0.2, 0.25) is 0 Å². The first kappa shape index (κ1) is 41.7. The summed E-state index contributed by atoms with van der Waals surface area (Å²) in [6, 6.07) is 11.1. The number of aliphatic hydroxyl groups is 1. The Hall–Kier alpha value is -4.74. The number of methoxy groups -OCH3 is 2. The Morgan fingerprint density at radius 3 is 2.37 bits per heavy atom. The van der Waals surface area contributed by atoms with Crippen molar-refractivity contribution in [2.45, 2.75) is 90.7 Å². The number of Topliss-reactive ketones (excluding diaryl/α,β-unsaturated/α-hetero) is 1. The number of nitrogens with zero attached hydrogens (tertiary/aromatic N) is 1. The van der Waals surface area contributed by atoms with Crippen molar-refractivity contribution in [1.82, 2.24) is 10.2 Å². The van der Waals surface area contributed by atoms with Crippen LogP contribution in [0.25, 0.3) is 0 Å². The summed E-state index contributed by atoms with van der Waals surface area (Å²) in [5.41, 5.74) is 2.45. The molecule has 282 valence electrons. The number of esters is 1. The Morgan fingerprint density at radius 1 is 1.04 bits per heavy atom. The van der Waals surface area contributed by atoms with E-state index in [9.17, 15) is 29.4 Å². The van der Waals surface area contributed by atoms with Crippen molar-refractivity contribution in [3.05, 3.63) is 95.1 Å². The molecule has 3 N–H and O–H groups in total. The molecular weight excluding hydrogens is 664 g/mol. The largest absolute Gasteiger partial charge is 0.504 e. The number of hydrogen-bond donors (Lipinski definition) is 3. The molecule has 0 spiro atoms. The number of carbonyl (C=O) groups is 4. The van der Waals surface area contributed by atoms with Crippen molar-refractivity contribution in [3.63, 3.8) is 0 Å². The topological polar surface area (TPSA) is 152 Å². The highest BCUT2D eigenvalue weighted by Gasteiger charge is 2.37. The monoisotopic (exact) mass is 718 g/mol. The number of rotatable bonds is 7. The zero-order chi connectivity index (χ0) is 38.5. The van der Waals surface area contributed by atoms with E-state index in [4.69, 9.17) is 14.2 Å². The van der Waals surface area contributed by atoms with Gasteiger partial charge in [0.05, 0.1) is 19.1 Å². The molecule has 0 fully saturated rings. The third-order valence-corrected chi connectivity index (χ3v) is 9.44. The van der Waals surface area contributed by atoms with Gasteiger partial charge in [0.25, 0.3) is 0 Å². The van der Waals surface area contributed by atoms with Crippen LogP contribution in [0.1, 0.15) is 71.1 Å². The van der Waals surface area contributed by atoms with Gasteiger partial charge in [0.15, 0.2) is 23.4 Å². The molecule has 0 aliphatic carbocycles. The highest BCUT2D eigenvalue weighted by Crippen LogP contribution is 2.28. The van der Waals surface area contributed by atoms with E-state index in [1.807, 2.05) is 25.1 Å². The molecule has 2 aromatic rings. The summed E-state index contributed by atoms with van der Waals surface area (Å²) in [6.07, 6.45) is 6.36. The molecule has 0 aromatic heterocycles. The number of benzene rings is 2. The van der Waals surface area contributed by atoms with Gasteiger partial charge in [-0.25, -0.2) is 4.79 Å². The Morgan fingerprint density at radius 2 is 1.73 bits per heavy atom. The number of cyclic esters (lactones) is 1. The highest BCUT2D eigenvalue weighted by atomic mass is 16.6. The Kier molecular flexibility index (Phi) is 15.8. The molecule has 11 heteroatoms. The van der Waals surface area contributed by atoms with E-state index in [2.05, 4.69) is 5.32 Å². The molecule has 0 radical (unpaired) electrons. The van der Waals surface area contributed by atoms with Gasteiger partial charge in [-0.05, 0) is 86.4 Å². The van der Waals surface area contributed by atoms with E-state index >= 15 is 0 Å². The summed E-state index contributed by atoms with van der Waals surface area (Å²) in [6.45, 7) is 8.60.